The molecule has 0 atom stereocenters. The third kappa shape index (κ3) is 3.48. The van der Waals surface area contributed by atoms with E-state index in [1.54, 1.807) is 4.68 Å². The Morgan fingerprint density at radius 2 is 2.12 bits per heavy atom. The molecule has 1 N–H and O–H groups in total. The van der Waals surface area contributed by atoms with Gasteiger partial charge in [-0.1, -0.05) is 21.1 Å². The minimum Gasteiger partial charge on any atom is -0.372 e. The number of benzene rings is 1. The van der Waals surface area contributed by atoms with Crippen LogP contribution in [0.5, 0.6) is 0 Å². The summed E-state index contributed by atoms with van der Waals surface area (Å²) in [5.74, 6) is 0. The molecule has 0 bridgehead atoms. The summed E-state index contributed by atoms with van der Waals surface area (Å²) in [5.41, 5.74) is 2.68. The molecule has 0 radical (unpaired) electrons. The van der Waals surface area contributed by atoms with Gasteiger partial charge in [-0.25, -0.2) is 4.68 Å². The molecule has 24 heavy (non-hydrogen) atoms. The van der Waals surface area contributed by atoms with Gasteiger partial charge in [0.2, 0.25) is 0 Å². The Morgan fingerprint density at radius 3 is 3.00 bits per heavy atom. The standard InChI is InChI=1S/C17H18BrN5O/c18-13-1-2-17-12(7-13)8-15(9-20-17)23-10-14(21-22-23)11-24-16-3-5-19-6-4-16/h1-2,7-10,16,19H,3-6,11H2. The second-order valence-electron chi connectivity index (χ2n) is 5.95. The van der Waals surface area contributed by atoms with E-state index < -0.39 is 0 Å². The van der Waals surface area contributed by atoms with Crippen molar-refractivity contribution in [2.75, 3.05) is 13.1 Å². The van der Waals surface area contributed by atoms with E-state index in [0.29, 0.717) is 12.7 Å². The van der Waals surface area contributed by atoms with E-state index in [1.807, 2.05) is 30.6 Å². The highest BCUT2D eigenvalue weighted by atomic mass is 79.9. The first kappa shape index (κ1) is 15.7. The third-order valence-electron chi connectivity index (χ3n) is 4.19. The fourth-order valence-electron chi connectivity index (χ4n) is 2.87. The zero-order chi connectivity index (χ0) is 16.4. The molecule has 1 aliphatic rings. The largest absolute Gasteiger partial charge is 0.372 e. The fourth-order valence-corrected chi connectivity index (χ4v) is 3.25. The zero-order valence-corrected chi connectivity index (χ0v) is 14.7. The van der Waals surface area contributed by atoms with Crippen molar-refractivity contribution in [3.8, 4) is 5.69 Å². The van der Waals surface area contributed by atoms with E-state index in [-0.39, 0.29) is 0 Å². The van der Waals surface area contributed by atoms with Crippen LogP contribution in [0.15, 0.2) is 41.1 Å². The number of fused-ring (bicyclic) bond motifs is 1. The van der Waals surface area contributed by atoms with E-state index in [1.165, 1.54) is 0 Å². The summed E-state index contributed by atoms with van der Waals surface area (Å²) in [6, 6.07) is 8.08. The number of hydrogen-bond donors (Lipinski definition) is 1. The van der Waals surface area contributed by atoms with Crippen LogP contribution in [0.2, 0.25) is 0 Å². The lowest BCUT2D eigenvalue weighted by atomic mass is 10.1. The summed E-state index contributed by atoms with van der Waals surface area (Å²) >= 11 is 3.49. The lowest BCUT2D eigenvalue weighted by Crippen LogP contribution is -2.32. The molecule has 6 nitrogen and oxygen atoms in total. The predicted octanol–water partition coefficient (Wildman–Crippen LogP) is 2.85. The number of ether oxygens (including phenoxy) is 1. The maximum atomic E-state index is 5.93. The van der Waals surface area contributed by atoms with Crippen LogP contribution < -0.4 is 5.32 Å². The summed E-state index contributed by atoms with van der Waals surface area (Å²) in [5, 5.41) is 12.8. The minimum atomic E-state index is 0.316. The van der Waals surface area contributed by atoms with Crippen LogP contribution in [0.1, 0.15) is 18.5 Å². The average Bonchev–Trinajstić information content (AvgIpc) is 3.09. The number of aromatic nitrogens is 4. The lowest BCUT2D eigenvalue weighted by molar-refractivity contribution is 0.0195. The molecule has 1 saturated heterocycles. The van der Waals surface area contributed by atoms with Gasteiger partial charge in [0.1, 0.15) is 5.69 Å². The maximum Gasteiger partial charge on any atom is 0.109 e. The molecule has 3 aromatic rings. The number of hydrogen-bond acceptors (Lipinski definition) is 5. The van der Waals surface area contributed by atoms with Crippen LogP contribution in [0.25, 0.3) is 16.6 Å². The van der Waals surface area contributed by atoms with E-state index >= 15 is 0 Å². The SMILES string of the molecule is Brc1ccc2ncc(-n3cc(COC4CCNCC4)nn3)cc2c1. The van der Waals surface area contributed by atoms with Gasteiger partial charge in [0.25, 0.3) is 0 Å². The summed E-state index contributed by atoms with van der Waals surface area (Å²) in [6.45, 7) is 2.54. The minimum absolute atomic E-state index is 0.316. The van der Waals surface area contributed by atoms with Crippen LogP contribution in [0.3, 0.4) is 0 Å². The van der Waals surface area contributed by atoms with Gasteiger partial charge in [0, 0.05) is 9.86 Å². The van der Waals surface area contributed by atoms with Gasteiger partial charge < -0.3 is 10.1 Å². The first-order chi connectivity index (χ1) is 11.8. The molecule has 1 fully saturated rings. The van der Waals surface area contributed by atoms with Gasteiger partial charge in [-0.05, 0) is 50.2 Å². The summed E-state index contributed by atoms with van der Waals surface area (Å²) < 4.78 is 8.70. The summed E-state index contributed by atoms with van der Waals surface area (Å²) in [4.78, 5) is 4.48. The molecule has 1 aliphatic heterocycles. The Balaban J connectivity index is 1.49. The molecular formula is C17H18BrN5O. The topological polar surface area (TPSA) is 64.9 Å². The predicted molar refractivity (Wildman–Crippen MR) is 95.0 cm³/mol. The molecular weight excluding hydrogens is 370 g/mol. The van der Waals surface area contributed by atoms with Gasteiger partial charge in [0.15, 0.2) is 0 Å². The molecule has 0 spiro atoms. The Morgan fingerprint density at radius 1 is 1.25 bits per heavy atom. The Kier molecular flexibility index (Phi) is 4.55. The molecule has 0 amide bonds. The number of rotatable bonds is 4. The number of pyridine rings is 1. The van der Waals surface area contributed by atoms with Crippen LogP contribution in [0.4, 0.5) is 0 Å². The van der Waals surface area contributed by atoms with Crippen LogP contribution in [-0.2, 0) is 11.3 Å². The highest BCUT2D eigenvalue weighted by molar-refractivity contribution is 9.10. The van der Waals surface area contributed by atoms with Crippen LogP contribution >= 0.6 is 15.9 Å². The smallest absolute Gasteiger partial charge is 0.109 e. The zero-order valence-electron chi connectivity index (χ0n) is 13.2. The Hall–Kier alpha value is -1.83. The van der Waals surface area contributed by atoms with Crippen molar-refractivity contribution in [2.45, 2.75) is 25.6 Å². The first-order valence-corrected chi connectivity index (χ1v) is 8.86. The normalized spacial score (nSPS) is 15.9. The molecule has 1 aromatic carbocycles. The summed E-state index contributed by atoms with van der Waals surface area (Å²) in [6.07, 6.45) is 6.13. The Bertz CT molecular complexity index is 844. The van der Waals surface area contributed by atoms with Crippen molar-refractivity contribution < 1.29 is 4.74 Å². The molecule has 0 unspecified atom stereocenters. The first-order valence-electron chi connectivity index (χ1n) is 8.07. The lowest BCUT2D eigenvalue weighted by Gasteiger charge is -2.22. The van der Waals surface area contributed by atoms with Crippen molar-refractivity contribution in [1.82, 2.24) is 25.3 Å². The highest BCUT2D eigenvalue weighted by Gasteiger charge is 2.14. The van der Waals surface area contributed by atoms with Crippen LogP contribution in [-0.4, -0.2) is 39.2 Å². The average molecular weight is 388 g/mol. The highest BCUT2D eigenvalue weighted by Crippen LogP contribution is 2.20. The second-order valence-corrected chi connectivity index (χ2v) is 6.86. The molecule has 124 valence electrons. The molecule has 7 heteroatoms. The second kappa shape index (κ2) is 6.96. The molecule has 0 saturated carbocycles. The van der Waals surface area contributed by atoms with Crippen molar-refractivity contribution in [3.63, 3.8) is 0 Å². The molecule has 2 aromatic heterocycles. The molecule has 4 rings (SSSR count). The van der Waals surface area contributed by atoms with Crippen molar-refractivity contribution in [2.24, 2.45) is 0 Å². The molecule has 0 aliphatic carbocycles. The van der Waals surface area contributed by atoms with Gasteiger partial charge in [-0.15, -0.1) is 5.10 Å². The van der Waals surface area contributed by atoms with E-state index in [4.69, 9.17) is 4.74 Å². The van der Waals surface area contributed by atoms with E-state index in [9.17, 15) is 0 Å². The van der Waals surface area contributed by atoms with Crippen molar-refractivity contribution in [3.05, 3.63) is 46.8 Å². The van der Waals surface area contributed by atoms with E-state index in [0.717, 1.165) is 52.7 Å². The van der Waals surface area contributed by atoms with Crippen LogP contribution in [0, 0.1) is 0 Å². The molecule has 3 heterocycles. The third-order valence-corrected chi connectivity index (χ3v) is 4.68. The number of piperidine rings is 1. The Labute approximate surface area is 148 Å². The fraction of sp³-hybridized carbons (Fsp3) is 0.353. The van der Waals surface area contributed by atoms with E-state index in [2.05, 4.69) is 42.6 Å². The van der Waals surface area contributed by atoms with Gasteiger partial charge in [0.05, 0.1) is 36.3 Å². The van der Waals surface area contributed by atoms with Crippen molar-refractivity contribution in [1.29, 1.82) is 0 Å². The quantitative estimate of drug-likeness (QED) is 0.745. The summed E-state index contributed by atoms with van der Waals surface area (Å²) in [7, 11) is 0. The van der Waals surface area contributed by atoms with Crippen molar-refractivity contribution >= 4 is 26.8 Å². The van der Waals surface area contributed by atoms with Gasteiger partial charge in [-0.3, -0.25) is 4.98 Å². The van der Waals surface area contributed by atoms with Gasteiger partial charge in [-0.2, -0.15) is 0 Å². The number of halogens is 1. The monoisotopic (exact) mass is 387 g/mol. The van der Waals surface area contributed by atoms with Gasteiger partial charge >= 0.3 is 0 Å². The number of nitrogens with zero attached hydrogens (tertiary/aromatic N) is 4. The number of nitrogens with one attached hydrogen (secondary N) is 1. The maximum absolute atomic E-state index is 5.93.